The van der Waals surface area contributed by atoms with Crippen LogP contribution in [-0.4, -0.2) is 11.1 Å². The fourth-order valence-electron chi connectivity index (χ4n) is 2.03. The van der Waals surface area contributed by atoms with Crippen LogP contribution >= 0.6 is 0 Å². The number of rotatable bonds is 6. The number of carbonyl (C=O) groups excluding carboxylic acids is 1. The zero-order valence-electron chi connectivity index (χ0n) is 13.1. The van der Waals surface area contributed by atoms with Crippen LogP contribution in [0.4, 0.5) is 4.39 Å². The lowest BCUT2D eigenvalue weighted by Crippen LogP contribution is -2.10. The lowest BCUT2D eigenvalue weighted by atomic mass is 10.1. The Bertz CT molecular complexity index is 697. The van der Waals surface area contributed by atoms with Gasteiger partial charge < -0.3 is 14.6 Å². The molecule has 0 aromatic heterocycles. The van der Waals surface area contributed by atoms with E-state index in [1.807, 2.05) is 0 Å². The third kappa shape index (κ3) is 4.29. The van der Waals surface area contributed by atoms with E-state index in [1.165, 1.54) is 6.07 Å². The first-order valence-electron chi connectivity index (χ1n) is 7.36. The van der Waals surface area contributed by atoms with E-state index in [1.54, 1.807) is 44.2 Å². The number of aryl methyl sites for hydroxylation is 1. The van der Waals surface area contributed by atoms with Crippen molar-refractivity contribution in [1.29, 1.82) is 0 Å². The summed E-state index contributed by atoms with van der Waals surface area (Å²) in [6.07, 6.45) is 0.243. The summed E-state index contributed by atoms with van der Waals surface area (Å²) in [6, 6.07) is 9.64. The summed E-state index contributed by atoms with van der Waals surface area (Å²) in [5.74, 6) is -0.0112. The van der Waals surface area contributed by atoms with Gasteiger partial charge in [-0.15, -0.1) is 0 Å². The second-order valence-electron chi connectivity index (χ2n) is 5.08. The number of ether oxygens (including phenoxy) is 2. The summed E-state index contributed by atoms with van der Waals surface area (Å²) in [7, 11) is 0. The largest absolute Gasteiger partial charge is 0.489 e. The summed E-state index contributed by atoms with van der Waals surface area (Å²) in [5, 5.41) is 9.46. The Morgan fingerprint density at radius 1 is 1.26 bits per heavy atom. The van der Waals surface area contributed by atoms with Crippen LogP contribution in [0, 0.1) is 12.7 Å². The van der Waals surface area contributed by atoms with E-state index in [0.717, 1.165) is 0 Å². The molecular formula is C18H19FO4. The normalized spacial score (nSPS) is 10.4. The van der Waals surface area contributed by atoms with Gasteiger partial charge in [0.2, 0.25) is 0 Å². The average Bonchev–Trinajstić information content (AvgIpc) is 2.56. The Balaban J connectivity index is 2.22. The minimum atomic E-state index is -0.372. The number of carbonyl (C=O) groups is 1. The minimum Gasteiger partial charge on any atom is -0.489 e. The molecule has 122 valence electrons. The van der Waals surface area contributed by atoms with E-state index >= 15 is 0 Å². The molecule has 4 nitrogen and oxygen atoms in total. The predicted octanol–water partition coefficient (Wildman–Crippen LogP) is 3.52. The lowest BCUT2D eigenvalue weighted by Gasteiger charge is -2.14. The summed E-state index contributed by atoms with van der Waals surface area (Å²) in [4.78, 5) is 11.5. The van der Waals surface area contributed by atoms with Crippen LogP contribution in [0.25, 0.3) is 0 Å². The second-order valence-corrected chi connectivity index (χ2v) is 5.08. The molecular weight excluding hydrogens is 299 g/mol. The van der Waals surface area contributed by atoms with Crippen molar-refractivity contribution < 1.29 is 23.8 Å². The van der Waals surface area contributed by atoms with Crippen LogP contribution in [0.5, 0.6) is 11.5 Å². The summed E-state index contributed by atoms with van der Waals surface area (Å²) < 4.78 is 24.4. The van der Waals surface area contributed by atoms with Crippen LogP contribution in [0.15, 0.2) is 36.4 Å². The number of halogens is 1. The molecule has 0 spiro atoms. The molecule has 0 saturated carbocycles. The zero-order valence-corrected chi connectivity index (χ0v) is 13.1. The maximum Gasteiger partial charge on any atom is 0.310 e. The van der Waals surface area contributed by atoms with Gasteiger partial charge in [-0.25, -0.2) is 4.39 Å². The first-order chi connectivity index (χ1) is 11.0. The molecule has 1 N–H and O–H groups in total. The highest BCUT2D eigenvalue weighted by molar-refractivity contribution is 5.72. The Kier molecular flexibility index (Phi) is 5.71. The van der Waals surface area contributed by atoms with Gasteiger partial charge in [0.15, 0.2) is 0 Å². The molecule has 0 unspecified atom stereocenters. The lowest BCUT2D eigenvalue weighted by molar-refractivity contribution is -0.134. The molecule has 5 heteroatoms. The Morgan fingerprint density at radius 2 is 2.04 bits per heavy atom. The average molecular weight is 318 g/mol. The molecule has 2 aromatic carbocycles. The topological polar surface area (TPSA) is 55.8 Å². The molecule has 2 rings (SSSR count). The van der Waals surface area contributed by atoms with Crippen LogP contribution in [-0.2, 0) is 18.0 Å². The van der Waals surface area contributed by atoms with E-state index in [-0.39, 0.29) is 31.4 Å². The predicted molar refractivity (Wildman–Crippen MR) is 83.8 cm³/mol. The number of aliphatic hydroxyl groups excluding tert-OH is 1. The molecule has 0 atom stereocenters. The molecule has 0 saturated heterocycles. The van der Waals surface area contributed by atoms with Crippen molar-refractivity contribution in [2.24, 2.45) is 0 Å². The number of benzene rings is 2. The fourth-order valence-corrected chi connectivity index (χ4v) is 2.03. The number of esters is 1. The van der Waals surface area contributed by atoms with E-state index in [4.69, 9.17) is 9.47 Å². The summed E-state index contributed by atoms with van der Waals surface area (Å²) in [6.45, 7) is 3.22. The maximum atomic E-state index is 13.6. The first-order valence-corrected chi connectivity index (χ1v) is 7.36. The van der Waals surface area contributed by atoms with Crippen molar-refractivity contribution in [3.63, 3.8) is 0 Å². The van der Waals surface area contributed by atoms with Crippen molar-refractivity contribution in [1.82, 2.24) is 0 Å². The molecule has 0 aliphatic carbocycles. The van der Waals surface area contributed by atoms with Crippen molar-refractivity contribution in [3.05, 3.63) is 58.9 Å². The van der Waals surface area contributed by atoms with Gasteiger partial charge in [-0.3, -0.25) is 4.79 Å². The molecule has 0 amide bonds. The highest BCUT2D eigenvalue weighted by Gasteiger charge is 2.13. The van der Waals surface area contributed by atoms with Crippen LogP contribution in [0.1, 0.15) is 30.0 Å². The number of hydrogen-bond acceptors (Lipinski definition) is 4. The standard InChI is InChI=1S/C18H19FO4/c1-3-18(21)23-17-6-4-5-13(10-20)15(17)11-22-14-8-7-12(2)16(19)9-14/h4-9,20H,3,10-11H2,1-2H3. The van der Waals surface area contributed by atoms with Crippen LogP contribution in [0.2, 0.25) is 0 Å². The molecule has 0 heterocycles. The Morgan fingerprint density at radius 3 is 2.70 bits per heavy atom. The quantitative estimate of drug-likeness (QED) is 0.654. The van der Waals surface area contributed by atoms with Gasteiger partial charge >= 0.3 is 5.97 Å². The van der Waals surface area contributed by atoms with E-state index in [0.29, 0.717) is 28.2 Å². The molecule has 0 bridgehead atoms. The van der Waals surface area contributed by atoms with E-state index < -0.39 is 0 Å². The summed E-state index contributed by atoms with van der Waals surface area (Å²) in [5.41, 5.74) is 1.70. The molecule has 2 aromatic rings. The maximum absolute atomic E-state index is 13.6. The zero-order chi connectivity index (χ0) is 16.8. The van der Waals surface area contributed by atoms with E-state index in [2.05, 4.69) is 0 Å². The molecule has 0 radical (unpaired) electrons. The van der Waals surface area contributed by atoms with Crippen molar-refractivity contribution in [3.8, 4) is 11.5 Å². The van der Waals surface area contributed by atoms with Gasteiger partial charge in [-0.2, -0.15) is 0 Å². The highest BCUT2D eigenvalue weighted by Crippen LogP contribution is 2.26. The minimum absolute atomic E-state index is 0.0611. The molecule has 0 aliphatic rings. The van der Waals surface area contributed by atoms with Gasteiger partial charge in [0.05, 0.1) is 6.61 Å². The number of hydrogen-bond donors (Lipinski definition) is 1. The molecule has 0 aliphatic heterocycles. The van der Waals surface area contributed by atoms with Crippen molar-refractivity contribution in [2.75, 3.05) is 0 Å². The second kappa shape index (κ2) is 7.74. The van der Waals surface area contributed by atoms with Crippen molar-refractivity contribution in [2.45, 2.75) is 33.5 Å². The Hall–Kier alpha value is -2.40. The monoisotopic (exact) mass is 318 g/mol. The SMILES string of the molecule is CCC(=O)Oc1cccc(CO)c1COc1ccc(C)c(F)c1. The smallest absolute Gasteiger partial charge is 0.310 e. The first kappa shape index (κ1) is 17.0. The van der Waals surface area contributed by atoms with Gasteiger partial charge in [-0.1, -0.05) is 25.1 Å². The van der Waals surface area contributed by atoms with Gasteiger partial charge in [0, 0.05) is 18.1 Å². The Labute approximate surface area is 134 Å². The van der Waals surface area contributed by atoms with Crippen molar-refractivity contribution >= 4 is 5.97 Å². The van der Waals surface area contributed by atoms with Gasteiger partial charge in [0.1, 0.15) is 23.9 Å². The fraction of sp³-hybridized carbons (Fsp3) is 0.278. The third-order valence-corrected chi connectivity index (χ3v) is 3.44. The molecule has 0 fully saturated rings. The summed E-state index contributed by atoms with van der Waals surface area (Å²) >= 11 is 0. The van der Waals surface area contributed by atoms with E-state index in [9.17, 15) is 14.3 Å². The van der Waals surface area contributed by atoms with Crippen LogP contribution in [0.3, 0.4) is 0 Å². The number of aliphatic hydroxyl groups is 1. The molecule has 23 heavy (non-hydrogen) atoms. The van der Waals surface area contributed by atoms with Gasteiger partial charge in [0.25, 0.3) is 0 Å². The van der Waals surface area contributed by atoms with Crippen LogP contribution < -0.4 is 9.47 Å². The van der Waals surface area contributed by atoms with Gasteiger partial charge in [-0.05, 0) is 30.2 Å². The highest BCUT2D eigenvalue weighted by atomic mass is 19.1. The third-order valence-electron chi connectivity index (χ3n) is 3.44.